The molecule has 2 aromatic rings. The van der Waals surface area contributed by atoms with E-state index >= 15 is 0 Å². The van der Waals surface area contributed by atoms with Crippen LogP contribution in [-0.4, -0.2) is 46.2 Å². The van der Waals surface area contributed by atoms with Crippen molar-refractivity contribution >= 4 is 35.1 Å². The van der Waals surface area contributed by atoms with E-state index in [0.717, 1.165) is 37.4 Å². The SMILES string of the molecule is CCCN(CCC)c1cc(Cl)nc(SCC(=O)NCCc2ccccn2)n1. The summed E-state index contributed by atoms with van der Waals surface area (Å²) in [6.45, 7) is 6.66. The Morgan fingerprint density at radius 3 is 2.67 bits per heavy atom. The summed E-state index contributed by atoms with van der Waals surface area (Å²) in [5.41, 5.74) is 0.959. The first kappa shape index (κ1) is 21.4. The summed E-state index contributed by atoms with van der Waals surface area (Å²) in [6.07, 6.45) is 4.52. The number of pyridine rings is 1. The predicted octanol–water partition coefficient (Wildman–Crippen LogP) is 3.60. The van der Waals surface area contributed by atoms with Crippen molar-refractivity contribution in [3.63, 3.8) is 0 Å². The number of carbonyl (C=O) groups excluding carboxylic acids is 1. The van der Waals surface area contributed by atoms with Crippen molar-refractivity contribution < 1.29 is 4.79 Å². The van der Waals surface area contributed by atoms with E-state index in [9.17, 15) is 4.79 Å². The van der Waals surface area contributed by atoms with Crippen LogP contribution in [0.3, 0.4) is 0 Å². The van der Waals surface area contributed by atoms with Crippen molar-refractivity contribution in [2.24, 2.45) is 0 Å². The molecule has 0 bridgehead atoms. The van der Waals surface area contributed by atoms with E-state index < -0.39 is 0 Å². The quantitative estimate of drug-likeness (QED) is 0.348. The number of thioether (sulfide) groups is 1. The van der Waals surface area contributed by atoms with Crippen LogP contribution >= 0.6 is 23.4 Å². The number of carbonyl (C=O) groups is 1. The molecule has 1 N–H and O–H groups in total. The van der Waals surface area contributed by atoms with Gasteiger partial charge < -0.3 is 10.2 Å². The molecule has 0 saturated carbocycles. The van der Waals surface area contributed by atoms with Gasteiger partial charge in [0.05, 0.1) is 5.75 Å². The normalized spacial score (nSPS) is 10.6. The van der Waals surface area contributed by atoms with Gasteiger partial charge in [-0.3, -0.25) is 9.78 Å². The first-order valence-corrected chi connectivity index (χ1v) is 10.6. The molecule has 0 aromatic carbocycles. The minimum atomic E-state index is -0.0555. The number of amides is 1. The molecule has 1 amide bonds. The van der Waals surface area contributed by atoms with Gasteiger partial charge in [0.15, 0.2) is 5.16 Å². The van der Waals surface area contributed by atoms with Crippen LogP contribution in [0.15, 0.2) is 35.6 Å². The van der Waals surface area contributed by atoms with Gasteiger partial charge in [0, 0.05) is 44.0 Å². The highest BCUT2D eigenvalue weighted by molar-refractivity contribution is 7.99. The van der Waals surface area contributed by atoms with Crippen LogP contribution in [-0.2, 0) is 11.2 Å². The van der Waals surface area contributed by atoms with Gasteiger partial charge in [-0.2, -0.15) is 0 Å². The van der Waals surface area contributed by atoms with E-state index in [1.54, 1.807) is 12.3 Å². The summed E-state index contributed by atoms with van der Waals surface area (Å²) >= 11 is 7.46. The third-order valence-corrected chi connectivity index (χ3v) is 4.77. The summed E-state index contributed by atoms with van der Waals surface area (Å²) in [4.78, 5) is 27.3. The molecule has 0 fully saturated rings. The topological polar surface area (TPSA) is 71.0 Å². The number of halogens is 1. The number of hydrogen-bond acceptors (Lipinski definition) is 6. The van der Waals surface area contributed by atoms with Crippen LogP contribution in [0.5, 0.6) is 0 Å². The van der Waals surface area contributed by atoms with Gasteiger partial charge in [-0.05, 0) is 25.0 Å². The van der Waals surface area contributed by atoms with Crippen LogP contribution in [0.4, 0.5) is 5.82 Å². The zero-order valence-electron chi connectivity index (χ0n) is 15.8. The largest absolute Gasteiger partial charge is 0.356 e. The standard InChI is InChI=1S/C19H26ClN5OS/c1-3-11-25(12-4-2)17-13-16(20)23-19(24-17)27-14-18(26)22-10-8-15-7-5-6-9-21-15/h5-7,9,13H,3-4,8,10-12,14H2,1-2H3,(H,22,26). The van der Waals surface area contributed by atoms with Crippen molar-refractivity contribution in [1.82, 2.24) is 20.3 Å². The smallest absolute Gasteiger partial charge is 0.230 e. The van der Waals surface area contributed by atoms with Gasteiger partial charge in [-0.1, -0.05) is 43.3 Å². The Bertz CT molecular complexity index is 711. The molecule has 0 unspecified atom stereocenters. The van der Waals surface area contributed by atoms with Gasteiger partial charge in [0.2, 0.25) is 5.91 Å². The minimum absolute atomic E-state index is 0.0555. The lowest BCUT2D eigenvalue weighted by Crippen LogP contribution is -2.28. The third-order valence-electron chi connectivity index (χ3n) is 3.73. The lowest BCUT2D eigenvalue weighted by molar-refractivity contribution is -0.118. The summed E-state index contributed by atoms with van der Waals surface area (Å²) in [7, 11) is 0. The molecule has 0 spiro atoms. The Morgan fingerprint density at radius 2 is 2.00 bits per heavy atom. The highest BCUT2D eigenvalue weighted by Crippen LogP contribution is 2.22. The Kier molecular flexibility index (Phi) is 9.35. The van der Waals surface area contributed by atoms with E-state index in [4.69, 9.17) is 11.6 Å². The van der Waals surface area contributed by atoms with E-state index in [2.05, 4.69) is 39.0 Å². The summed E-state index contributed by atoms with van der Waals surface area (Å²) < 4.78 is 0. The maximum atomic E-state index is 12.1. The van der Waals surface area contributed by atoms with Crippen LogP contribution in [0.1, 0.15) is 32.4 Å². The van der Waals surface area contributed by atoms with Crippen LogP contribution in [0.25, 0.3) is 0 Å². The number of anilines is 1. The molecular weight excluding hydrogens is 382 g/mol. The molecule has 0 atom stereocenters. The Hall–Kier alpha value is -1.86. The molecule has 2 rings (SSSR count). The van der Waals surface area contributed by atoms with Gasteiger partial charge in [-0.25, -0.2) is 9.97 Å². The van der Waals surface area contributed by atoms with E-state index in [1.807, 2.05) is 18.2 Å². The average molecular weight is 408 g/mol. The average Bonchev–Trinajstić information content (AvgIpc) is 2.67. The fourth-order valence-corrected chi connectivity index (χ4v) is 3.46. The fraction of sp³-hybridized carbons (Fsp3) is 0.474. The molecule has 6 nitrogen and oxygen atoms in total. The van der Waals surface area contributed by atoms with Crippen LogP contribution < -0.4 is 10.2 Å². The zero-order chi connectivity index (χ0) is 19.5. The van der Waals surface area contributed by atoms with Gasteiger partial charge >= 0.3 is 0 Å². The maximum absolute atomic E-state index is 12.1. The molecule has 0 radical (unpaired) electrons. The molecule has 2 heterocycles. The van der Waals surface area contributed by atoms with Gasteiger partial charge in [-0.15, -0.1) is 0 Å². The molecule has 2 aromatic heterocycles. The first-order chi connectivity index (χ1) is 13.1. The fourth-order valence-electron chi connectivity index (χ4n) is 2.55. The second-order valence-corrected chi connectivity index (χ2v) is 7.36. The Labute approximate surface area is 170 Å². The predicted molar refractivity (Wildman–Crippen MR) is 112 cm³/mol. The molecule has 0 saturated heterocycles. The molecule has 146 valence electrons. The van der Waals surface area contributed by atoms with Crippen molar-refractivity contribution in [3.05, 3.63) is 41.3 Å². The lowest BCUT2D eigenvalue weighted by Gasteiger charge is -2.22. The third kappa shape index (κ3) is 7.72. The van der Waals surface area contributed by atoms with Crippen LogP contribution in [0, 0.1) is 0 Å². The second kappa shape index (κ2) is 11.8. The second-order valence-electron chi connectivity index (χ2n) is 6.03. The summed E-state index contributed by atoms with van der Waals surface area (Å²) in [5, 5.41) is 3.82. The molecule has 0 aliphatic rings. The van der Waals surface area contributed by atoms with Gasteiger partial charge in [0.25, 0.3) is 0 Å². The van der Waals surface area contributed by atoms with Crippen molar-refractivity contribution in [2.75, 3.05) is 30.3 Å². The highest BCUT2D eigenvalue weighted by atomic mass is 35.5. The number of aromatic nitrogens is 3. The first-order valence-electron chi connectivity index (χ1n) is 9.21. The summed E-state index contributed by atoms with van der Waals surface area (Å²) in [5.74, 6) is 1.01. The molecule has 0 aliphatic heterocycles. The Morgan fingerprint density at radius 1 is 1.22 bits per heavy atom. The van der Waals surface area contributed by atoms with Crippen molar-refractivity contribution in [1.29, 1.82) is 0 Å². The Balaban J connectivity index is 1.86. The maximum Gasteiger partial charge on any atom is 0.230 e. The van der Waals surface area contributed by atoms with Crippen molar-refractivity contribution in [3.8, 4) is 0 Å². The minimum Gasteiger partial charge on any atom is -0.356 e. The monoisotopic (exact) mass is 407 g/mol. The molecular formula is C19H26ClN5OS. The van der Waals surface area contributed by atoms with E-state index in [0.29, 0.717) is 23.3 Å². The zero-order valence-corrected chi connectivity index (χ0v) is 17.4. The van der Waals surface area contributed by atoms with Crippen molar-refractivity contribution in [2.45, 2.75) is 38.3 Å². The molecule has 8 heteroatoms. The lowest BCUT2D eigenvalue weighted by atomic mass is 10.3. The summed E-state index contributed by atoms with van der Waals surface area (Å²) in [6, 6.07) is 7.54. The highest BCUT2D eigenvalue weighted by Gasteiger charge is 2.12. The number of rotatable bonds is 11. The number of nitrogens with zero attached hydrogens (tertiary/aromatic N) is 4. The number of nitrogens with one attached hydrogen (secondary N) is 1. The van der Waals surface area contributed by atoms with Crippen LogP contribution in [0.2, 0.25) is 5.15 Å². The number of hydrogen-bond donors (Lipinski definition) is 1. The molecule has 0 aliphatic carbocycles. The van der Waals surface area contributed by atoms with Gasteiger partial charge in [0.1, 0.15) is 11.0 Å². The van der Waals surface area contributed by atoms with E-state index in [1.165, 1.54) is 11.8 Å². The van der Waals surface area contributed by atoms with E-state index in [-0.39, 0.29) is 11.7 Å². The molecule has 27 heavy (non-hydrogen) atoms.